The molecule has 0 radical (unpaired) electrons. The van der Waals surface area contributed by atoms with Crippen LogP contribution in [0.25, 0.3) is 0 Å². The van der Waals surface area contributed by atoms with Crippen LogP contribution in [0.5, 0.6) is 5.75 Å². The lowest BCUT2D eigenvalue weighted by atomic mass is 9.13. The molecule has 0 N–H and O–H groups in total. The maximum absolute atomic E-state index is 13.3. The minimum atomic E-state index is -4.77. The molecule has 0 amide bonds. The van der Waals surface area contributed by atoms with E-state index in [1.165, 1.54) is 0 Å². The minimum Gasteiger partial charge on any atom is -0.494 e. The largest absolute Gasteiger partial charge is 0.494 e. The van der Waals surface area contributed by atoms with Gasteiger partial charge in [-0.1, -0.05) is 109 Å². The average Bonchev–Trinajstić information content (AvgIpc) is 3.09. The molecule has 5 aromatic rings. The van der Waals surface area contributed by atoms with Gasteiger partial charge in [-0.05, 0) is 19.1 Å². The summed E-state index contributed by atoms with van der Waals surface area (Å²) >= 11 is 0. The van der Waals surface area contributed by atoms with Crippen LogP contribution in [0, 0.1) is 0 Å². The molecule has 0 bridgehead atoms. The number of alkyl halides is 12. The lowest BCUT2D eigenvalue weighted by Gasteiger charge is -2.44. The SMILES string of the molecule is CCOc1ccc(C[S+](C)(C)=O)cc1.FC(F)(F)c1ccc([B-](c2ccc(C(F)(F)F)cc2)(c2ccc(C(F)(F)F)cc2)c2ccc(C(F)(F)F)cc2)cc1. The van der Waals surface area contributed by atoms with Gasteiger partial charge in [0.15, 0.2) is 0 Å². The van der Waals surface area contributed by atoms with E-state index in [4.69, 9.17) is 4.74 Å². The van der Waals surface area contributed by atoms with E-state index in [2.05, 4.69) is 0 Å². The van der Waals surface area contributed by atoms with Crippen molar-refractivity contribution >= 4 is 37.9 Å². The lowest BCUT2D eigenvalue weighted by molar-refractivity contribution is -0.138. The molecule has 0 saturated carbocycles. The van der Waals surface area contributed by atoms with Gasteiger partial charge in [0.25, 0.3) is 0 Å². The number of hydrogen-bond acceptors (Lipinski definition) is 2. The van der Waals surface area contributed by atoms with Crippen molar-refractivity contribution in [2.24, 2.45) is 0 Å². The van der Waals surface area contributed by atoms with Crippen LogP contribution in [0.3, 0.4) is 0 Å². The van der Waals surface area contributed by atoms with E-state index >= 15 is 0 Å². The summed E-state index contributed by atoms with van der Waals surface area (Å²) in [7, 11) is -1.69. The minimum absolute atomic E-state index is 0.0114. The second kappa shape index (κ2) is 16.2. The maximum atomic E-state index is 13.3. The summed E-state index contributed by atoms with van der Waals surface area (Å²) in [6, 6.07) is 21.3. The Kier molecular flexibility index (Phi) is 12.6. The maximum Gasteiger partial charge on any atom is 0.416 e. The van der Waals surface area contributed by atoms with Crippen LogP contribution in [0.4, 0.5) is 52.7 Å². The average molecular weight is 805 g/mol. The van der Waals surface area contributed by atoms with Gasteiger partial charge in [0.05, 0.1) is 38.8 Å². The number of halogens is 12. The third-order valence-electron chi connectivity index (χ3n) is 8.70. The van der Waals surface area contributed by atoms with Gasteiger partial charge >= 0.3 is 24.7 Å². The van der Waals surface area contributed by atoms with Crippen LogP contribution in [-0.4, -0.2) is 25.3 Å². The normalized spacial score (nSPS) is 12.9. The molecule has 0 aliphatic carbocycles. The molecular formula is C39H33BF12O2S. The first-order valence-corrected chi connectivity index (χ1v) is 18.9. The second-order valence-corrected chi connectivity index (χ2v) is 16.2. The Hall–Kier alpha value is -4.73. The van der Waals surface area contributed by atoms with Crippen molar-refractivity contribution in [2.75, 3.05) is 19.1 Å². The fraction of sp³-hybridized carbons (Fsp3) is 0.231. The van der Waals surface area contributed by atoms with Crippen LogP contribution < -0.4 is 26.6 Å². The zero-order valence-electron chi connectivity index (χ0n) is 29.3. The first-order valence-electron chi connectivity index (χ1n) is 16.4. The molecule has 55 heavy (non-hydrogen) atoms. The first kappa shape index (κ1) is 43.0. The highest BCUT2D eigenvalue weighted by Crippen LogP contribution is 2.32. The Balaban J connectivity index is 0.000000404. The van der Waals surface area contributed by atoms with Crippen molar-refractivity contribution in [3.05, 3.63) is 149 Å². The summed E-state index contributed by atoms with van der Waals surface area (Å²) in [4.78, 5) is 0. The predicted octanol–water partition coefficient (Wildman–Crippen LogP) is 9.48. The first-order chi connectivity index (χ1) is 25.4. The summed E-state index contributed by atoms with van der Waals surface area (Å²) in [6.45, 7) is 2.64. The van der Waals surface area contributed by atoms with Gasteiger partial charge in [0.2, 0.25) is 0 Å². The highest BCUT2D eigenvalue weighted by atomic mass is 32.2. The standard InChI is InChI=1S/C28H16BF12.C11H17O2S/c30-25(31,32)17-1-9-21(10-2-17)29(22-11-3-18(4-12-22)26(33,34)35,23-13-5-19(6-14-23)27(36,37)38)24-15-7-20(8-16-24)28(39,40)41;1-4-13-11-7-5-10(6-8-11)9-14(2,3)12/h1-16H;5-8H,4,9H2,1-3H3/q-1;+1. The van der Waals surface area contributed by atoms with Crippen molar-refractivity contribution in [2.45, 2.75) is 37.4 Å². The molecule has 0 unspecified atom stereocenters. The molecule has 0 atom stereocenters. The number of benzene rings is 5. The van der Waals surface area contributed by atoms with E-state index in [0.29, 0.717) is 60.9 Å². The Bertz CT molecular complexity index is 1810. The summed E-state index contributed by atoms with van der Waals surface area (Å²) in [5.74, 6) is 1.51. The molecule has 16 heteroatoms. The molecule has 0 aliphatic heterocycles. The molecule has 0 aliphatic rings. The van der Waals surface area contributed by atoms with Crippen molar-refractivity contribution in [1.82, 2.24) is 0 Å². The lowest BCUT2D eigenvalue weighted by Crippen LogP contribution is -2.74. The third kappa shape index (κ3) is 10.7. The van der Waals surface area contributed by atoms with E-state index in [-0.39, 0.29) is 21.9 Å². The summed E-state index contributed by atoms with van der Waals surface area (Å²) in [5, 5.41) is 0. The smallest absolute Gasteiger partial charge is 0.416 e. The highest BCUT2D eigenvalue weighted by Gasteiger charge is 2.38. The van der Waals surface area contributed by atoms with Crippen molar-refractivity contribution in [3.63, 3.8) is 0 Å². The third-order valence-corrected chi connectivity index (χ3v) is 9.73. The van der Waals surface area contributed by atoms with Gasteiger partial charge in [-0.25, -0.2) is 0 Å². The zero-order valence-corrected chi connectivity index (χ0v) is 30.1. The van der Waals surface area contributed by atoms with E-state index in [1.54, 1.807) is 12.5 Å². The fourth-order valence-corrected chi connectivity index (χ4v) is 7.24. The van der Waals surface area contributed by atoms with Gasteiger partial charge in [-0.15, -0.1) is 4.21 Å². The molecule has 5 rings (SSSR count). The van der Waals surface area contributed by atoms with Crippen LogP contribution in [0.1, 0.15) is 34.7 Å². The monoisotopic (exact) mass is 804 g/mol. The number of hydrogen-bond donors (Lipinski definition) is 0. The van der Waals surface area contributed by atoms with Gasteiger partial charge in [0, 0.05) is 5.56 Å². The van der Waals surface area contributed by atoms with E-state index in [1.807, 2.05) is 31.2 Å². The molecule has 0 spiro atoms. The molecule has 0 fully saturated rings. The molecular weight excluding hydrogens is 771 g/mol. The van der Waals surface area contributed by atoms with Gasteiger partial charge in [-0.2, -0.15) is 74.5 Å². The molecule has 2 nitrogen and oxygen atoms in total. The number of ether oxygens (including phenoxy) is 1. The Morgan fingerprint density at radius 1 is 0.455 bits per heavy atom. The topological polar surface area (TPSA) is 26.3 Å². The van der Waals surface area contributed by atoms with E-state index in [0.717, 1.165) is 59.8 Å². The van der Waals surface area contributed by atoms with Crippen LogP contribution in [0.15, 0.2) is 121 Å². The Morgan fingerprint density at radius 2 is 0.709 bits per heavy atom. The van der Waals surface area contributed by atoms with Crippen molar-refractivity contribution in [3.8, 4) is 5.75 Å². The second-order valence-electron chi connectivity index (χ2n) is 13.0. The molecule has 0 heterocycles. The molecule has 5 aromatic carbocycles. The Morgan fingerprint density at radius 3 is 0.909 bits per heavy atom. The highest BCUT2D eigenvalue weighted by molar-refractivity contribution is 8.00. The predicted molar refractivity (Wildman–Crippen MR) is 191 cm³/mol. The Labute approximate surface area is 310 Å². The number of rotatable bonds is 8. The van der Waals surface area contributed by atoms with Crippen molar-refractivity contribution < 1.29 is 61.6 Å². The van der Waals surface area contributed by atoms with Gasteiger partial charge in [-0.3, -0.25) is 0 Å². The van der Waals surface area contributed by atoms with Gasteiger partial charge in [0.1, 0.15) is 30.2 Å². The summed E-state index contributed by atoms with van der Waals surface area (Å²) in [5.41, 5.74) is -3.19. The molecule has 0 saturated heterocycles. The van der Waals surface area contributed by atoms with Crippen LogP contribution >= 0.6 is 0 Å². The zero-order chi connectivity index (χ0) is 41.0. The fourth-order valence-electron chi connectivity index (χ4n) is 6.25. The van der Waals surface area contributed by atoms with Crippen molar-refractivity contribution in [1.29, 1.82) is 0 Å². The molecule has 0 aromatic heterocycles. The van der Waals surface area contributed by atoms with E-state index < -0.39 is 63.0 Å². The quantitative estimate of drug-likeness (QED) is 0.0889. The molecule has 294 valence electrons. The van der Waals surface area contributed by atoms with Crippen LogP contribution in [0.2, 0.25) is 0 Å². The summed E-state index contributed by atoms with van der Waals surface area (Å²) in [6.07, 6.45) is -18.4. The van der Waals surface area contributed by atoms with Crippen LogP contribution in [-0.2, 0) is 44.6 Å². The summed E-state index contributed by atoms with van der Waals surface area (Å²) < 4.78 is 177. The van der Waals surface area contributed by atoms with Gasteiger partial charge < -0.3 is 4.74 Å². The van der Waals surface area contributed by atoms with E-state index in [9.17, 15) is 56.9 Å².